The lowest BCUT2D eigenvalue weighted by molar-refractivity contribution is -0.134. The molecule has 2 aromatic heterocycles. The Morgan fingerprint density at radius 1 is 1.29 bits per heavy atom. The van der Waals surface area contributed by atoms with Gasteiger partial charge in [-0.15, -0.1) is 5.10 Å². The molecule has 7 nitrogen and oxygen atoms in total. The zero-order valence-electron chi connectivity index (χ0n) is 13.3. The summed E-state index contributed by atoms with van der Waals surface area (Å²) in [7, 11) is 0. The molecule has 0 saturated carbocycles. The van der Waals surface area contributed by atoms with Crippen molar-refractivity contribution in [1.29, 1.82) is 0 Å². The van der Waals surface area contributed by atoms with E-state index in [2.05, 4.69) is 15.1 Å². The molecule has 8 heteroatoms. The van der Waals surface area contributed by atoms with Gasteiger partial charge in [0.2, 0.25) is 5.16 Å². The zero-order valence-corrected chi connectivity index (χ0v) is 14.1. The summed E-state index contributed by atoms with van der Waals surface area (Å²) < 4.78 is 1.63. The Bertz CT molecular complexity index is 896. The maximum absolute atomic E-state index is 11.8. The quantitative estimate of drug-likeness (QED) is 0.674. The Labute approximate surface area is 142 Å². The molecule has 3 aromatic rings. The summed E-state index contributed by atoms with van der Waals surface area (Å²) in [6.07, 6.45) is 0. The monoisotopic (exact) mass is 343 g/mol. The summed E-state index contributed by atoms with van der Waals surface area (Å²) in [4.78, 5) is 20.5. The Hall–Kier alpha value is -2.45. The number of benzene rings is 1. The van der Waals surface area contributed by atoms with Crippen LogP contribution < -0.4 is 5.73 Å². The number of carbonyl (C=O) groups is 1. The summed E-state index contributed by atoms with van der Waals surface area (Å²) in [6, 6.07) is 10.5. The van der Waals surface area contributed by atoms with Crippen molar-refractivity contribution in [3.05, 3.63) is 53.3 Å². The van der Waals surface area contributed by atoms with E-state index in [1.165, 1.54) is 0 Å². The fourth-order valence-corrected chi connectivity index (χ4v) is 3.32. The fourth-order valence-electron chi connectivity index (χ4n) is 2.39. The molecule has 0 aliphatic heterocycles. The molecular weight excluding hydrogens is 326 g/mol. The smallest absolute Gasteiger partial charge is 0.254 e. The van der Waals surface area contributed by atoms with Gasteiger partial charge in [-0.3, -0.25) is 4.79 Å². The number of primary amides is 1. The highest BCUT2D eigenvalue weighted by Gasteiger charge is 2.36. The molecule has 2 heterocycles. The molecule has 0 radical (unpaired) electrons. The van der Waals surface area contributed by atoms with Gasteiger partial charge in [0.15, 0.2) is 5.60 Å². The van der Waals surface area contributed by atoms with Gasteiger partial charge >= 0.3 is 0 Å². The van der Waals surface area contributed by atoms with Gasteiger partial charge in [0.05, 0.1) is 0 Å². The number of carbonyl (C=O) groups excluding carboxylic acids is 1. The summed E-state index contributed by atoms with van der Waals surface area (Å²) in [6.45, 7) is 3.80. The second-order valence-electron chi connectivity index (χ2n) is 5.52. The molecule has 0 saturated heterocycles. The molecule has 0 aliphatic carbocycles. The van der Waals surface area contributed by atoms with Gasteiger partial charge in [-0.25, -0.2) is 9.50 Å². The van der Waals surface area contributed by atoms with E-state index in [0.29, 0.717) is 16.5 Å². The lowest BCUT2D eigenvalue weighted by atomic mass is 9.95. The van der Waals surface area contributed by atoms with Crippen LogP contribution in [0.25, 0.3) is 5.78 Å². The molecule has 124 valence electrons. The largest absolute Gasteiger partial charge is 0.375 e. The van der Waals surface area contributed by atoms with Crippen LogP contribution in [0.4, 0.5) is 0 Å². The van der Waals surface area contributed by atoms with E-state index in [9.17, 15) is 9.90 Å². The number of hydrogen-bond donors (Lipinski definition) is 2. The molecule has 24 heavy (non-hydrogen) atoms. The minimum atomic E-state index is -1.79. The number of aliphatic hydroxyl groups is 1. The van der Waals surface area contributed by atoms with E-state index in [-0.39, 0.29) is 5.75 Å². The van der Waals surface area contributed by atoms with Crippen LogP contribution in [-0.4, -0.2) is 36.3 Å². The number of aromatic nitrogens is 4. The number of thioether (sulfide) groups is 1. The molecule has 0 spiro atoms. The Morgan fingerprint density at radius 3 is 2.67 bits per heavy atom. The number of nitrogens with two attached hydrogens (primary N) is 1. The highest BCUT2D eigenvalue weighted by molar-refractivity contribution is 7.99. The molecule has 0 bridgehead atoms. The van der Waals surface area contributed by atoms with Crippen LogP contribution in [0.3, 0.4) is 0 Å². The average Bonchev–Trinajstić information content (AvgIpc) is 2.96. The van der Waals surface area contributed by atoms with Crippen LogP contribution in [0.2, 0.25) is 0 Å². The first-order valence-electron chi connectivity index (χ1n) is 7.32. The van der Waals surface area contributed by atoms with Crippen LogP contribution in [-0.2, 0) is 10.4 Å². The summed E-state index contributed by atoms with van der Waals surface area (Å²) >= 11 is 1.16. The van der Waals surface area contributed by atoms with Gasteiger partial charge < -0.3 is 10.8 Å². The van der Waals surface area contributed by atoms with Gasteiger partial charge in [0, 0.05) is 17.1 Å². The molecule has 1 atom stereocenters. The normalized spacial score (nSPS) is 13.8. The molecule has 1 amide bonds. The van der Waals surface area contributed by atoms with E-state index in [1.54, 1.807) is 34.8 Å². The summed E-state index contributed by atoms with van der Waals surface area (Å²) in [5.74, 6) is -0.311. The van der Waals surface area contributed by atoms with Crippen molar-refractivity contribution in [2.45, 2.75) is 24.6 Å². The lowest BCUT2D eigenvalue weighted by Gasteiger charge is -2.24. The van der Waals surface area contributed by atoms with E-state index in [0.717, 1.165) is 23.1 Å². The highest BCUT2D eigenvalue weighted by atomic mass is 32.2. The van der Waals surface area contributed by atoms with Crippen molar-refractivity contribution in [3.63, 3.8) is 0 Å². The van der Waals surface area contributed by atoms with E-state index in [1.807, 2.05) is 19.9 Å². The van der Waals surface area contributed by atoms with Gasteiger partial charge in [0.1, 0.15) is 0 Å². The summed E-state index contributed by atoms with van der Waals surface area (Å²) in [5.41, 5.74) is 5.84. The molecular formula is C16H17N5O2S. The van der Waals surface area contributed by atoms with Crippen LogP contribution >= 0.6 is 11.8 Å². The first kappa shape index (κ1) is 16.4. The van der Waals surface area contributed by atoms with Crippen LogP contribution in [0.5, 0.6) is 0 Å². The van der Waals surface area contributed by atoms with E-state index < -0.39 is 11.5 Å². The SMILES string of the molecule is Cc1cc(C)n2nc(SCC(O)(C(N)=O)c3ccccc3)nc2n1. The third kappa shape index (κ3) is 2.98. The molecule has 3 N–H and O–H groups in total. The van der Waals surface area contributed by atoms with Crippen LogP contribution in [0.1, 0.15) is 17.0 Å². The number of aryl methyl sites for hydroxylation is 2. The minimum absolute atomic E-state index is 0.0151. The topological polar surface area (TPSA) is 106 Å². The first-order chi connectivity index (χ1) is 11.4. The minimum Gasteiger partial charge on any atom is -0.375 e. The number of rotatable bonds is 5. The van der Waals surface area contributed by atoms with Gasteiger partial charge in [0.25, 0.3) is 11.7 Å². The number of nitrogens with zero attached hydrogens (tertiary/aromatic N) is 4. The second kappa shape index (κ2) is 6.21. The third-order valence-corrected chi connectivity index (χ3v) is 4.66. The number of fused-ring (bicyclic) bond motifs is 1. The molecule has 1 unspecified atom stereocenters. The predicted octanol–water partition coefficient (Wildman–Crippen LogP) is 1.21. The van der Waals surface area contributed by atoms with Crippen molar-refractivity contribution in [2.75, 3.05) is 5.75 Å². The Balaban J connectivity index is 1.88. The average molecular weight is 343 g/mol. The highest BCUT2D eigenvalue weighted by Crippen LogP contribution is 2.28. The van der Waals surface area contributed by atoms with E-state index in [4.69, 9.17) is 5.73 Å². The maximum atomic E-state index is 11.8. The fraction of sp³-hybridized carbons (Fsp3) is 0.250. The second-order valence-corrected chi connectivity index (χ2v) is 6.47. The van der Waals surface area contributed by atoms with Crippen molar-refractivity contribution in [1.82, 2.24) is 19.6 Å². The molecule has 0 aliphatic rings. The zero-order chi connectivity index (χ0) is 17.3. The molecule has 3 rings (SSSR count). The lowest BCUT2D eigenvalue weighted by Crippen LogP contribution is -2.43. The van der Waals surface area contributed by atoms with Crippen molar-refractivity contribution in [2.24, 2.45) is 5.73 Å². The van der Waals surface area contributed by atoms with Crippen LogP contribution in [0, 0.1) is 13.8 Å². The third-order valence-electron chi connectivity index (χ3n) is 3.67. The van der Waals surface area contributed by atoms with Gasteiger partial charge in [-0.2, -0.15) is 4.98 Å². The molecule has 1 aromatic carbocycles. The Morgan fingerprint density at radius 2 is 2.00 bits per heavy atom. The van der Waals surface area contributed by atoms with Crippen molar-refractivity contribution in [3.8, 4) is 0 Å². The Kier molecular flexibility index (Phi) is 4.25. The van der Waals surface area contributed by atoms with Crippen molar-refractivity contribution < 1.29 is 9.90 Å². The number of amides is 1. The molecule has 0 fully saturated rings. The number of hydrogen-bond acceptors (Lipinski definition) is 6. The maximum Gasteiger partial charge on any atom is 0.254 e. The van der Waals surface area contributed by atoms with Crippen LogP contribution in [0.15, 0.2) is 41.6 Å². The van der Waals surface area contributed by atoms with Crippen molar-refractivity contribution >= 4 is 23.4 Å². The van der Waals surface area contributed by atoms with E-state index >= 15 is 0 Å². The first-order valence-corrected chi connectivity index (χ1v) is 8.30. The predicted molar refractivity (Wildman–Crippen MR) is 90.5 cm³/mol. The van der Waals surface area contributed by atoms with Gasteiger partial charge in [-0.1, -0.05) is 42.1 Å². The summed E-state index contributed by atoms with van der Waals surface area (Å²) in [5, 5.41) is 15.5. The van der Waals surface area contributed by atoms with Gasteiger partial charge in [-0.05, 0) is 25.5 Å². The standard InChI is InChI=1S/C16H17N5O2S/c1-10-8-11(2)21-14(18-10)19-15(20-21)24-9-16(23,13(17)22)12-6-4-3-5-7-12/h3-8,23H,9H2,1-2H3,(H2,17,22).